The van der Waals surface area contributed by atoms with Gasteiger partial charge in [0.2, 0.25) is 5.91 Å². The average molecular weight is 379 g/mol. The molecular weight excluding hydrogens is 358 g/mol. The second-order valence-electron chi connectivity index (χ2n) is 7.61. The Hall–Kier alpha value is -3.09. The van der Waals surface area contributed by atoms with Gasteiger partial charge in [-0.1, -0.05) is 17.3 Å². The maximum Gasteiger partial charge on any atom is 0.254 e. The van der Waals surface area contributed by atoms with Gasteiger partial charge in [0.1, 0.15) is 17.5 Å². The van der Waals surface area contributed by atoms with E-state index in [1.54, 1.807) is 11.0 Å². The quantitative estimate of drug-likeness (QED) is 0.681. The first-order chi connectivity index (χ1) is 13.6. The molecule has 5 rings (SSSR count). The number of hydrogen-bond acceptors (Lipinski definition) is 5. The summed E-state index contributed by atoms with van der Waals surface area (Å²) < 4.78 is 13.0. The lowest BCUT2D eigenvalue weighted by atomic mass is 10.1. The number of nitrogens with zero attached hydrogens (tertiary/aromatic N) is 3. The van der Waals surface area contributed by atoms with Crippen LogP contribution in [0.4, 0.5) is 0 Å². The van der Waals surface area contributed by atoms with Crippen molar-refractivity contribution < 1.29 is 14.1 Å². The molecule has 1 saturated heterocycles. The van der Waals surface area contributed by atoms with E-state index in [1.807, 2.05) is 41.8 Å². The Morgan fingerprint density at radius 2 is 2.04 bits per heavy atom. The Morgan fingerprint density at radius 3 is 2.79 bits per heavy atom. The number of carbonyl (C=O) groups is 1. The van der Waals surface area contributed by atoms with Gasteiger partial charge in [0.05, 0.1) is 19.5 Å². The average Bonchev–Trinajstić information content (AvgIpc) is 3.38. The van der Waals surface area contributed by atoms with E-state index in [1.165, 1.54) is 0 Å². The van der Waals surface area contributed by atoms with E-state index in [-0.39, 0.29) is 24.0 Å². The lowest BCUT2D eigenvalue weighted by Crippen LogP contribution is -2.56. The Morgan fingerprint density at radius 1 is 1.25 bits per heavy atom. The normalized spacial score (nSPS) is 17.0. The van der Waals surface area contributed by atoms with Crippen LogP contribution >= 0.6 is 0 Å². The van der Waals surface area contributed by atoms with Gasteiger partial charge < -0.3 is 18.7 Å². The summed E-state index contributed by atoms with van der Waals surface area (Å²) in [4.78, 5) is 26.5. The van der Waals surface area contributed by atoms with Crippen LogP contribution in [-0.4, -0.2) is 39.7 Å². The molecule has 0 N–H and O–H groups in total. The Balaban J connectivity index is 1.19. The summed E-state index contributed by atoms with van der Waals surface area (Å²) in [7, 11) is 0. The van der Waals surface area contributed by atoms with Gasteiger partial charge >= 0.3 is 0 Å². The van der Waals surface area contributed by atoms with Crippen LogP contribution in [0, 0.1) is 6.92 Å². The van der Waals surface area contributed by atoms with Crippen molar-refractivity contribution in [3.05, 3.63) is 58.1 Å². The number of para-hydroxylation sites is 1. The van der Waals surface area contributed by atoms with Gasteiger partial charge in [-0.3, -0.25) is 9.59 Å². The molecule has 7 nitrogen and oxygen atoms in total. The topological polar surface area (TPSA) is 77.6 Å². The number of fused-ring (bicyclic) bond motifs is 1. The van der Waals surface area contributed by atoms with Gasteiger partial charge in [-0.25, -0.2) is 0 Å². The molecule has 2 aromatic heterocycles. The van der Waals surface area contributed by atoms with Gasteiger partial charge in [-0.15, -0.1) is 0 Å². The molecule has 0 atom stereocenters. The van der Waals surface area contributed by atoms with E-state index in [2.05, 4.69) is 5.16 Å². The second kappa shape index (κ2) is 6.51. The van der Waals surface area contributed by atoms with Crippen LogP contribution in [0.5, 0.6) is 5.75 Å². The maximum absolute atomic E-state index is 12.5. The minimum Gasteiger partial charge on any atom is -0.486 e. The minimum atomic E-state index is -0.0893. The molecular formula is C21H21N3O4. The van der Waals surface area contributed by atoms with Crippen LogP contribution in [0.25, 0.3) is 11.0 Å². The molecule has 2 aliphatic rings. The summed E-state index contributed by atoms with van der Waals surface area (Å²) >= 11 is 0. The summed E-state index contributed by atoms with van der Waals surface area (Å²) in [5.74, 6) is 0.582. The molecule has 28 heavy (non-hydrogen) atoms. The first-order valence-corrected chi connectivity index (χ1v) is 9.59. The largest absolute Gasteiger partial charge is 0.486 e. The number of ether oxygens (including phenoxy) is 1. The molecule has 3 aromatic rings. The zero-order chi connectivity index (χ0) is 19.3. The van der Waals surface area contributed by atoms with Gasteiger partial charge in [0.15, 0.2) is 5.58 Å². The second-order valence-corrected chi connectivity index (χ2v) is 7.61. The summed E-state index contributed by atoms with van der Waals surface area (Å²) in [5, 5.41) is 4.89. The van der Waals surface area contributed by atoms with Gasteiger partial charge in [0, 0.05) is 23.2 Å². The molecule has 1 saturated carbocycles. The van der Waals surface area contributed by atoms with Gasteiger partial charge in [-0.05, 0) is 38.0 Å². The van der Waals surface area contributed by atoms with E-state index in [0.29, 0.717) is 36.2 Å². The maximum atomic E-state index is 12.5. The number of aromatic nitrogens is 2. The number of rotatable bonds is 5. The summed E-state index contributed by atoms with van der Waals surface area (Å²) in [6, 6.07) is 11.3. The Bertz CT molecular complexity index is 1110. The molecule has 7 heteroatoms. The molecule has 0 bridgehead atoms. The van der Waals surface area contributed by atoms with E-state index in [4.69, 9.17) is 9.26 Å². The van der Waals surface area contributed by atoms with Crippen LogP contribution < -0.4 is 10.3 Å². The molecule has 0 unspecified atom stereocenters. The summed E-state index contributed by atoms with van der Waals surface area (Å²) in [5.41, 5.74) is 2.26. The third-order valence-electron chi connectivity index (χ3n) is 5.42. The van der Waals surface area contributed by atoms with Crippen LogP contribution in [-0.2, 0) is 11.2 Å². The summed E-state index contributed by atoms with van der Waals surface area (Å²) in [6.45, 7) is 2.96. The number of pyridine rings is 1. The summed E-state index contributed by atoms with van der Waals surface area (Å²) in [6.07, 6.45) is 2.26. The smallest absolute Gasteiger partial charge is 0.254 e. The van der Waals surface area contributed by atoms with E-state index in [9.17, 15) is 9.59 Å². The highest BCUT2D eigenvalue weighted by Gasteiger charge is 2.33. The highest BCUT2D eigenvalue weighted by atomic mass is 16.5. The lowest BCUT2D eigenvalue weighted by Gasteiger charge is -2.39. The molecule has 1 aromatic carbocycles. The van der Waals surface area contributed by atoms with Crippen LogP contribution in [0.2, 0.25) is 0 Å². The van der Waals surface area contributed by atoms with Crippen LogP contribution in [0.1, 0.15) is 30.3 Å². The van der Waals surface area contributed by atoms with Crippen molar-refractivity contribution in [1.29, 1.82) is 0 Å². The first kappa shape index (κ1) is 17.0. The molecule has 1 aliphatic carbocycles. The van der Waals surface area contributed by atoms with E-state index in [0.717, 1.165) is 23.9 Å². The van der Waals surface area contributed by atoms with E-state index >= 15 is 0 Å². The van der Waals surface area contributed by atoms with E-state index < -0.39 is 0 Å². The predicted octanol–water partition coefficient (Wildman–Crippen LogP) is 2.47. The molecule has 1 aliphatic heterocycles. The molecule has 0 spiro atoms. The lowest BCUT2D eigenvalue weighted by molar-refractivity contribution is -0.139. The molecule has 144 valence electrons. The monoisotopic (exact) mass is 379 g/mol. The highest BCUT2D eigenvalue weighted by Crippen LogP contribution is 2.35. The predicted molar refractivity (Wildman–Crippen MR) is 102 cm³/mol. The fraction of sp³-hybridized carbons (Fsp3) is 0.381. The van der Waals surface area contributed by atoms with Crippen molar-refractivity contribution in [2.75, 3.05) is 13.1 Å². The SMILES string of the molecule is Cc1cc(OC2CN(C(=O)Cc3noc4ccccc34)C2)cc(=O)n1C1CC1. The molecule has 0 radical (unpaired) electrons. The van der Waals surface area contributed by atoms with Crippen molar-refractivity contribution in [2.24, 2.45) is 0 Å². The molecule has 2 fully saturated rings. The fourth-order valence-electron chi connectivity index (χ4n) is 3.78. The number of likely N-dealkylation sites (tertiary alicyclic amines) is 1. The van der Waals surface area contributed by atoms with Crippen molar-refractivity contribution in [2.45, 2.75) is 38.3 Å². The number of amides is 1. The van der Waals surface area contributed by atoms with Crippen LogP contribution in [0.15, 0.2) is 45.7 Å². The third-order valence-corrected chi connectivity index (χ3v) is 5.42. The number of hydrogen-bond donors (Lipinski definition) is 0. The zero-order valence-electron chi connectivity index (χ0n) is 15.6. The Labute approximate surface area is 161 Å². The molecule has 1 amide bonds. The van der Waals surface area contributed by atoms with Gasteiger partial charge in [0.25, 0.3) is 5.56 Å². The van der Waals surface area contributed by atoms with Crippen molar-refractivity contribution in [3.63, 3.8) is 0 Å². The van der Waals surface area contributed by atoms with Crippen molar-refractivity contribution in [1.82, 2.24) is 14.6 Å². The number of benzene rings is 1. The minimum absolute atomic E-state index is 0.000709. The van der Waals surface area contributed by atoms with Crippen molar-refractivity contribution in [3.8, 4) is 5.75 Å². The zero-order valence-corrected chi connectivity index (χ0v) is 15.6. The third kappa shape index (κ3) is 3.06. The first-order valence-electron chi connectivity index (χ1n) is 9.59. The number of aryl methyl sites for hydroxylation is 1. The molecule has 3 heterocycles. The Kier molecular flexibility index (Phi) is 3.96. The highest BCUT2D eigenvalue weighted by molar-refractivity contribution is 5.86. The van der Waals surface area contributed by atoms with Crippen LogP contribution in [0.3, 0.4) is 0 Å². The van der Waals surface area contributed by atoms with Gasteiger partial charge in [-0.2, -0.15) is 0 Å². The van der Waals surface area contributed by atoms with Crippen molar-refractivity contribution >= 4 is 16.9 Å². The standard InChI is InChI=1S/C21H21N3O4/c1-13-8-15(9-21(26)24(13)14-6-7-14)27-16-11-23(12-16)20(25)10-18-17-4-2-3-5-19(17)28-22-18/h2-5,8-9,14,16H,6-7,10-12H2,1H3. The number of carbonyl (C=O) groups excluding carboxylic acids is 1. The fourth-order valence-corrected chi connectivity index (χ4v) is 3.78.